The number of allylic oxidation sites excluding steroid dienone is 9. The summed E-state index contributed by atoms with van der Waals surface area (Å²) in [5.41, 5.74) is 6.57. The van der Waals surface area contributed by atoms with Crippen LogP contribution >= 0.6 is 0 Å². The highest BCUT2D eigenvalue weighted by Crippen LogP contribution is 2.40. The lowest BCUT2D eigenvalue weighted by Gasteiger charge is -2.32. The molecule has 162 valence electrons. The molecule has 0 radical (unpaired) electrons. The van der Waals surface area contributed by atoms with Crippen LogP contribution in [-0.4, -0.2) is 18.3 Å². The second kappa shape index (κ2) is 11.9. The Hall–Kier alpha value is -2.16. The molecule has 30 heavy (non-hydrogen) atoms. The van der Waals surface area contributed by atoms with E-state index in [0.717, 1.165) is 11.1 Å². The summed E-state index contributed by atoms with van der Waals surface area (Å²) in [6.07, 6.45) is 16.1. The monoisotopic (exact) mass is 406 g/mol. The number of aliphatic hydroxyl groups is 1. The average Bonchev–Trinajstić information content (AvgIpc) is 2.71. The van der Waals surface area contributed by atoms with E-state index in [1.807, 2.05) is 36.4 Å². The highest BCUT2D eigenvalue weighted by atomic mass is 16.5. The average molecular weight is 407 g/mol. The molecule has 0 heterocycles. The highest BCUT2D eigenvalue weighted by Gasteiger charge is 2.26. The van der Waals surface area contributed by atoms with E-state index in [1.165, 1.54) is 36.0 Å². The van der Waals surface area contributed by atoms with E-state index in [-0.39, 0.29) is 5.41 Å². The van der Waals surface area contributed by atoms with Crippen LogP contribution in [0.25, 0.3) is 0 Å². The molecule has 1 N–H and O–H groups in total. The van der Waals surface area contributed by atoms with Crippen LogP contribution in [0.15, 0.2) is 89.1 Å². The van der Waals surface area contributed by atoms with Gasteiger partial charge in [0.05, 0.1) is 13.2 Å². The SMILES string of the molecule is CC(C=CC1=C(C)CCCC1(C)C)=CC=CC(C)=CCOCC(O)c1ccccc1. The third-order valence-electron chi connectivity index (χ3n) is 5.76. The van der Waals surface area contributed by atoms with E-state index >= 15 is 0 Å². The Labute approximate surface area is 183 Å². The van der Waals surface area contributed by atoms with Crippen LogP contribution in [0.1, 0.15) is 65.5 Å². The summed E-state index contributed by atoms with van der Waals surface area (Å²) >= 11 is 0. The molecule has 1 aromatic rings. The second-order valence-electron chi connectivity index (χ2n) is 8.95. The molecular weight excluding hydrogens is 368 g/mol. The zero-order valence-corrected chi connectivity index (χ0v) is 19.3. The van der Waals surface area contributed by atoms with Crippen molar-refractivity contribution >= 4 is 0 Å². The minimum Gasteiger partial charge on any atom is -0.386 e. The molecule has 0 aromatic heterocycles. The highest BCUT2D eigenvalue weighted by molar-refractivity contribution is 5.37. The van der Waals surface area contributed by atoms with Gasteiger partial charge in [0.25, 0.3) is 0 Å². The van der Waals surface area contributed by atoms with Crippen molar-refractivity contribution in [3.63, 3.8) is 0 Å². The van der Waals surface area contributed by atoms with Crippen molar-refractivity contribution in [1.82, 2.24) is 0 Å². The zero-order valence-electron chi connectivity index (χ0n) is 19.3. The van der Waals surface area contributed by atoms with Crippen molar-refractivity contribution in [2.45, 2.75) is 60.0 Å². The van der Waals surface area contributed by atoms with Crippen LogP contribution in [0.4, 0.5) is 0 Å². The maximum atomic E-state index is 10.1. The molecule has 0 bridgehead atoms. The molecule has 0 saturated carbocycles. The van der Waals surface area contributed by atoms with E-state index < -0.39 is 6.10 Å². The quantitative estimate of drug-likeness (QED) is 0.345. The molecular formula is C28H38O2. The van der Waals surface area contributed by atoms with Crippen LogP contribution in [0.3, 0.4) is 0 Å². The maximum Gasteiger partial charge on any atom is 0.102 e. The summed E-state index contributed by atoms with van der Waals surface area (Å²) in [5.74, 6) is 0. The van der Waals surface area contributed by atoms with Gasteiger partial charge in [-0.25, -0.2) is 0 Å². The first kappa shape index (κ1) is 24.1. The Balaban J connectivity index is 1.81. The lowest BCUT2D eigenvalue weighted by molar-refractivity contribution is 0.0486. The van der Waals surface area contributed by atoms with Gasteiger partial charge >= 0.3 is 0 Å². The van der Waals surface area contributed by atoms with Gasteiger partial charge in [0.15, 0.2) is 0 Å². The Morgan fingerprint density at radius 2 is 1.87 bits per heavy atom. The van der Waals surface area contributed by atoms with E-state index in [0.29, 0.717) is 13.2 Å². The summed E-state index contributed by atoms with van der Waals surface area (Å²) in [6.45, 7) is 12.0. The molecule has 1 aliphatic carbocycles. The van der Waals surface area contributed by atoms with Gasteiger partial charge in [-0.2, -0.15) is 0 Å². The number of benzene rings is 1. The fraction of sp³-hybridized carbons (Fsp3) is 0.429. The minimum absolute atomic E-state index is 0.280. The van der Waals surface area contributed by atoms with Crippen LogP contribution in [0.5, 0.6) is 0 Å². The van der Waals surface area contributed by atoms with E-state index in [4.69, 9.17) is 4.74 Å². The van der Waals surface area contributed by atoms with Gasteiger partial charge in [-0.1, -0.05) is 97.4 Å². The zero-order chi connectivity index (χ0) is 22.0. The summed E-state index contributed by atoms with van der Waals surface area (Å²) in [6, 6.07) is 9.61. The van der Waals surface area contributed by atoms with Gasteiger partial charge < -0.3 is 9.84 Å². The lowest BCUT2D eigenvalue weighted by atomic mass is 9.72. The smallest absolute Gasteiger partial charge is 0.102 e. The van der Waals surface area contributed by atoms with Gasteiger partial charge in [0.2, 0.25) is 0 Å². The standard InChI is InChI=1S/C28H38O2/c1-22(16-17-26-24(3)13-10-19-28(26,4)5)11-9-12-23(2)18-20-30-21-27(29)25-14-7-6-8-15-25/h6-9,11-12,14-18,27,29H,10,13,19-21H2,1-5H3. The van der Waals surface area contributed by atoms with Crippen LogP contribution < -0.4 is 0 Å². The summed E-state index contributed by atoms with van der Waals surface area (Å²) < 4.78 is 5.59. The number of hydrogen-bond donors (Lipinski definition) is 1. The van der Waals surface area contributed by atoms with Crippen LogP contribution in [0.2, 0.25) is 0 Å². The molecule has 0 saturated heterocycles. The summed E-state index contributed by atoms with van der Waals surface area (Å²) in [7, 11) is 0. The fourth-order valence-corrected chi connectivity index (χ4v) is 3.84. The third-order valence-corrected chi connectivity index (χ3v) is 5.76. The molecule has 0 aliphatic heterocycles. The van der Waals surface area contributed by atoms with Crippen molar-refractivity contribution in [3.8, 4) is 0 Å². The predicted octanol–water partition coefficient (Wildman–Crippen LogP) is 7.27. The van der Waals surface area contributed by atoms with Gasteiger partial charge in [-0.15, -0.1) is 0 Å². The van der Waals surface area contributed by atoms with Crippen LogP contribution in [-0.2, 0) is 4.74 Å². The first-order chi connectivity index (χ1) is 14.3. The Kier molecular flexibility index (Phi) is 9.55. The molecule has 0 spiro atoms. The van der Waals surface area contributed by atoms with Crippen molar-refractivity contribution in [2.75, 3.05) is 13.2 Å². The Bertz CT molecular complexity index is 819. The molecule has 1 atom stereocenters. The Morgan fingerprint density at radius 1 is 1.13 bits per heavy atom. The molecule has 0 amide bonds. The van der Waals surface area contributed by atoms with Gasteiger partial charge in [-0.3, -0.25) is 0 Å². The van der Waals surface area contributed by atoms with Gasteiger partial charge in [0.1, 0.15) is 6.10 Å². The first-order valence-corrected chi connectivity index (χ1v) is 11.0. The predicted molar refractivity (Wildman–Crippen MR) is 128 cm³/mol. The normalized spacial score (nSPS) is 19.1. The van der Waals surface area contributed by atoms with Crippen molar-refractivity contribution in [2.24, 2.45) is 5.41 Å². The van der Waals surface area contributed by atoms with Crippen molar-refractivity contribution in [1.29, 1.82) is 0 Å². The second-order valence-corrected chi connectivity index (χ2v) is 8.95. The molecule has 0 fully saturated rings. The summed E-state index contributed by atoms with van der Waals surface area (Å²) in [4.78, 5) is 0. The third kappa shape index (κ3) is 7.93. The lowest BCUT2D eigenvalue weighted by Crippen LogP contribution is -2.19. The summed E-state index contributed by atoms with van der Waals surface area (Å²) in [5, 5.41) is 10.1. The fourth-order valence-electron chi connectivity index (χ4n) is 3.84. The first-order valence-electron chi connectivity index (χ1n) is 11.0. The van der Waals surface area contributed by atoms with E-state index in [9.17, 15) is 5.11 Å². The maximum absolute atomic E-state index is 10.1. The Morgan fingerprint density at radius 3 is 2.57 bits per heavy atom. The molecule has 2 heteroatoms. The topological polar surface area (TPSA) is 29.5 Å². The molecule has 1 aliphatic rings. The van der Waals surface area contributed by atoms with E-state index in [2.05, 4.69) is 65.0 Å². The number of hydrogen-bond acceptors (Lipinski definition) is 2. The molecule has 1 unspecified atom stereocenters. The van der Waals surface area contributed by atoms with E-state index in [1.54, 1.807) is 0 Å². The molecule has 2 rings (SSSR count). The molecule has 2 nitrogen and oxygen atoms in total. The van der Waals surface area contributed by atoms with Gasteiger partial charge in [-0.05, 0) is 56.6 Å². The van der Waals surface area contributed by atoms with Crippen LogP contribution in [0, 0.1) is 5.41 Å². The van der Waals surface area contributed by atoms with Gasteiger partial charge in [0, 0.05) is 0 Å². The number of rotatable bonds is 9. The van der Waals surface area contributed by atoms with Crippen molar-refractivity contribution in [3.05, 3.63) is 94.6 Å². The molecule has 1 aromatic carbocycles. The largest absolute Gasteiger partial charge is 0.386 e. The van der Waals surface area contributed by atoms with Crippen molar-refractivity contribution < 1.29 is 9.84 Å². The number of aliphatic hydroxyl groups excluding tert-OH is 1. The minimum atomic E-state index is -0.583. The number of ether oxygens (including phenoxy) is 1.